The number of para-hydroxylation sites is 2. The standard InChI is InChI=1S/C15H14N2O2/c16-11-5-3-4-10(8-11)9-14-15(18)17-12-6-1-2-7-13(12)19-14/h1-8,14H,9,16H2,(H,17,18). The van der Waals surface area contributed by atoms with Gasteiger partial charge in [0.05, 0.1) is 5.69 Å². The molecule has 0 radical (unpaired) electrons. The first-order chi connectivity index (χ1) is 9.22. The van der Waals surface area contributed by atoms with Gasteiger partial charge in [0, 0.05) is 12.1 Å². The van der Waals surface area contributed by atoms with Crippen molar-refractivity contribution in [3.8, 4) is 5.75 Å². The monoisotopic (exact) mass is 254 g/mol. The number of nitrogen functional groups attached to an aromatic ring is 1. The lowest BCUT2D eigenvalue weighted by Crippen LogP contribution is -2.38. The summed E-state index contributed by atoms with van der Waals surface area (Å²) in [7, 11) is 0. The maximum absolute atomic E-state index is 12.0. The first-order valence-corrected chi connectivity index (χ1v) is 6.13. The zero-order valence-corrected chi connectivity index (χ0v) is 10.3. The van der Waals surface area contributed by atoms with E-state index in [1.54, 1.807) is 0 Å². The lowest BCUT2D eigenvalue weighted by Gasteiger charge is -2.25. The Morgan fingerprint density at radius 3 is 2.84 bits per heavy atom. The third-order valence-electron chi connectivity index (χ3n) is 3.08. The largest absolute Gasteiger partial charge is 0.478 e. The molecule has 0 saturated carbocycles. The van der Waals surface area contributed by atoms with Gasteiger partial charge in [-0.3, -0.25) is 4.79 Å². The van der Waals surface area contributed by atoms with E-state index >= 15 is 0 Å². The molecule has 0 aromatic heterocycles. The van der Waals surface area contributed by atoms with Gasteiger partial charge in [0.2, 0.25) is 0 Å². The zero-order chi connectivity index (χ0) is 13.2. The molecule has 2 aromatic rings. The van der Waals surface area contributed by atoms with Gasteiger partial charge in [-0.25, -0.2) is 0 Å². The maximum Gasteiger partial charge on any atom is 0.265 e. The molecule has 0 saturated heterocycles. The third kappa shape index (κ3) is 2.38. The van der Waals surface area contributed by atoms with Gasteiger partial charge in [-0.2, -0.15) is 0 Å². The highest BCUT2D eigenvalue weighted by Crippen LogP contribution is 2.29. The summed E-state index contributed by atoms with van der Waals surface area (Å²) in [6.07, 6.45) is -0.0118. The van der Waals surface area contributed by atoms with Gasteiger partial charge in [0.15, 0.2) is 6.10 Å². The second-order valence-corrected chi connectivity index (χ2v) is 4.54. The van der Waals surface area contributed by atoms with E-state index in [9.17, 15) is 4.79 Å². The van der Waals surface area contributed by atoms with E-state index in [0.717, 1.165) is 11.3 Å². The summed E-state index contributed by atoms with van der Waals surface area (Å²) in [6.45, 7) is 0. The van der Waals surface area contributed by atoms with Crippen molar-refractivity contribution < 1.29 is 9.53 Å². The third-order valence-corrected chi connectivity index (χ3v) is 3.08. The van der Waals surface area contributed by atoms with Crippen LogP contribution in [0.4, 0.5) is 11.4 Å². The molecular weight excluding hydrogens is 240 g/mol. The maximum atomic E-state index is 12.0. The van der Waals surface area contributed by atoms with Gasteiger partial charge in [-0.05, 0) is 29.8 Å². The molecule has 96 valence electrons. The second kappa shape index (κ2) is 4.65. The number of fused-ring (bicyclic) bond motifs is 1. The Morgan fingerprint density at radius 2 is 2.00 bits per heavy atom. The molecule has 1 heterocycles. The van der Waals surface area contributed by atoms with Crippen molar-refractivity contribution in [2.75, 3.05) is 11.1 Å². The number of nitrogens with two attached hydrogens (primary N) is 1. The molecule has 1 aliphatic heterocycles. The summed E-state index contributed by atoms with van der Waals surface area (Å²) >= 11 is 0. The minimum absolute atomic E-state index is 0.124. The molecule has 2 aromatic carbocycles. The Labute approximate surface area is 111 Å². The molecule has 19 heavy (non-hydrogen) atoms. The molecule has 3 N–H and O–H groups in total. The van der Waals surface area contributed by atoms with Crippen molar-refractivity contribution in [2.45, 2.75) is 12.5 Å². The highest BCUT2D eigenvalue weighted by molar-refractivity contribution is 5.97. The van der Waals surface area contributed by atoms with Crippen molar-refractivity contribution in [3.63, 3.8) is 0 Å². The van der Waals surface area contributed by atoms with Crippen LogP contribution in [0.1, 0.15) is 5.56 Å². The SMILES string of the molecule is Nc1cccc(CC2Oc3ccccc3NC2=O)c1. The molecule has 1 atom stereocenters. The number of nitrogens with one attached hydrogen (secondary N) is 1. The van der Waals surface area contributed by atoms with Gasteiger partial charge < -0.3 is 15.8 Å². The van der Waals surface area contributed by atoms with Crippen molar-refractivity contribution >= 4 is 17.3 Å². The summed E-state index contributed by atoms with van der Waals surface area (Å²) in [5.41, 5.74) is 8.13. The number of benzene rings is 2. The van der Waals surface area contributed by atoms with E-state index in [2.05, 4.69) is 5.32 Å². The first-order valence-electron chi connectivity index (χ1n) is 6.13. The Morgan fingerprint density at radius 1 is 1.16 bits per heavy atom. The van der Waals surface area contributed by atoms with E-state index in [1.165, 1.54) is 0 Å². The first kappa shape index (κ1) is 11.6. The number of carbonyl (C=O) groups is 1. The lowest BCUT2D eigenvalue weighted by molar-refractivity contribution is -0.123. The van der Waals surface area contributed by atoms with Crippen LogP contribution in [-0.2, 0) is 11.2 Å². The normalized spacial score (nSPS) is 17.3. The summed E-state index contributed by atoms with van der Waals surface area (Å²) < 4.78 is 5.74. The fourth-order valence-electron chi connectivity index (χ4n) is 2.16. The number of ether oxygens (including phenoxy) is 1. The van der Waals surface area contributed by atoms with Crippen LogP contribution < -0.4 is 15.8 Å². The quantitative estimate of drug-likeness (QED) is 0.807. The van der Waals surface area contributed by atoms with Crippen LogP contribution in [0, 0.1) is 0 Å². The van der Waals surface area contributed by atoms with E-state index < -0.39 is 6.10 Å². The number of anilines is 2. The van der Waals surface area contributed by atoms with Crippen LogP contribution in [0.3, 0.4) is 0 Å². The summed E-state index contributed by atoms with van der Waals surface area (Å²) in [4.78, 5) is 12.0. The minimum Gasteiger partial charge on any atom is -0.478 e. The fraction of sp³-hybridized carbons (Fsp3) is 0.133. The molecule has 0 spiro atoms. The Bertz CT molecular complexity index is 625. The lowest BCUT2D eigenvalue weighted by atomic mass is 10.1. The zero-order valence-electron chi connectivity index (χ0n) is 10.3. The molecule has 0 aliphatic carbocycles. The van der Waals surface area contributed by atoms with E-state index in [0.29, 0.717) is 17.9 Å². The number of hydrogen-bond donors (Lipinski definition) is 2. The molecule has 1 amide bonds. The Hall–Kier alpha value is -2.49. The van der Waals surface area contributed by atoms with Crippen molar-refractivity contribution in [2.24, 2.45) is 0 Å². The number of carbonyl (C=O) groups excluding carboxylic acids is 1. The molecule has 0 bridgehead atoms. The number of amides is 1. The number of rotatable bonds is 2. The molecular formula is C15H14N2O2. The second-order valence-electron chi connectivity index (χ2n) is 4.54. The van der Waals surface area contributed by atoms with Crippen LogP contribution in [0.15, 0.2) is 48.5 Å². The predicted molar refractivity (Wildman–Crippen MR) is 74.0 cm³/mol. The average molecular weight is 254 g/mol. The van der Waals surface area contributed by atoms with E-state index in [-0.39, 0.29) is 5.91 Å². The van der Waals surface area contributed by atoms with Crippen molar-refractivity contribution in [3.05, 3.63) is 54.1 Å². The Kier molecular flexibility index (Phi) is 2.83. The van der Waals surface area contributed by atoms with Crippen LogP contribution in [0.5, 0.6) is 5.75 Å². The summed E-state index contributed by atoms with van der Waals surface area (Å²) in [5, 5.41) is 2.85. The Balaban J connectivity index is 1.81. The van der Waals surface area contributed by atoms with Crippen LogP contribution >= 0.6 is 0 Å². The molecule has 1 aliphatic rings. The average Bonchev–Trinajstić information content (AvgIpc) is 2.40. The minimum atomic E-state index is -0.517. The molecule has 4 nitrogen and oxygen atoms in total. The smallest absolute Gasteiger partial charge is 0.265 e. The highest BCUT2D eigenvalue weighted by atomic mass is 16.5. The topological polar surface area (TPSA) is 64.3 Å². The summed E-state index contributed by atoms with van der Waals surface area (Å²) in [6, 6.07) is 14.9. The van der Waals surface area contributed by atoms with Crippen LogP contribution in [0.25, 0.3) is 0 Å². The highest BCUT2D eigenvalue weighted by Gasteiger charge is 2.27. The molecule has 3 rings (SSSR count). The predicted octanol–water partition coefficient (Wildman–Crippen LogP) is 2.21. The van der Waals surface area contributed by atoms with Gasteiger partial charge in [0.1, 0.15) is 5.75 Å². The molecule has 4 heteroatoms. The fourth-order valence-corrected chi connectivity index (χ4v) is 2.16. The summed E-state index contributed by atoms with van der Waals surface area (Å²) in [5.74, 6) is 0.581. The van der Waals surface area contributed by atoms with Gasteiger partial charge in [-0.15, -0.1) is 0 Å². The van der Waals surface area contributed by atoms with Gasteiger partial charge in [0.25, 0.3) is 5.91 Å². The van der Waals surface area contributed by atoms with Crippen LogP contribution in [0.2, 0.25) is 0 Å². The van der Waals surface area contributed by atoms with Crippen molar-refractivity contribution in [1.82, 2.24) is 0 Å². The van der Waals surface area contributed by atoms with Gasteiger partial charge >= 0.3 is 0 Å². The molecule has 1 unspecified atom stereocenters. The van der Waals surface area contributed by atoms with Crippen LogP contribution in [-0.4, -0.2) is 12.0 Å². The van der Waals surface area contributed by atoms with E-state index in [1.807, 2.05) is 48.5 Å². The van der Waals surface area contributed by atoms with Gasteiger partial charge in [-0.1, -0.05) is 24.3 Å². The van der Waals surface area contributed by atoms with E-state index in [4.69, 9.17) is 10.5 Å². The number of hydrogen-bond acceptors (Lipinski definition) is 3. The van der Waals surface area contributed by atoms with Crippen molar-refractivity contribution in [1.29, 1.82) is 0 Å². The molecule has 0 fully saturated rings.